The highest BCUT2D eigenvalue weighted by Gasteiger charge is 2.32. The predicted octanol–water partition coefficient (Wildman–Crippen LogP) is 3.68. The number of carboxylic acid groups (broad SMARTS) is 1. The summed E-state index contributed by atoms with van der Waals surface area (Å²) in [6.07, 6.45) is 7.76. The Morgan fingerprint density at radius 2 is 2.00 bits per heavy atom. The number of rotatable bonds is 5. The van der Waals surface area contributed by atoms with Crippen LogP contribution in [0.3, 0.4) is 0 Å². The summed E-state index contributed by atoms with van der Waals surface area (Å²) in [6, 6.07) is 9.10. The van der Waals surface area contributed by atoms with Crippen LogP contribution in [0.2, 0.25) is 0 Å². The van der Waals surface area contributed by atoms with Crippen molar-refractivity contribution >= 4 is 5.97 Å². The van der Waals surface area contributed by atoms with Crippen molar-refractivity contribution in [1.29, 1.82) is 0 Å². The standard InChI is InChI=1S/C17H20O3/c1-17(2)11-7-6-8-13(17)12-15(16(18)19)20-14-9-4-3-5-10-14/h3-11,13,15H,12H2,1-2H3,(H,18,19). The average molecular weight is 272 g/mol. The topological polar surface area (TPSA) is 46.5 Å². The SMILES string of the molecule is CC1(C)C=CC=CC1CC(Oc1ccccc1)C(=O)O. The number of benzene rings is 1. The molecule has 2 atom stereocenters. The van der Waals surface area contributed by atoms with Gasteiger partial charge in [-0.05, 0) is 23.5 Å². The molecule has 1 N–H and O–H groups in total. The van der Waals surface area contributed by atoms with Gasteiger partial charge in [0.15, 0.2) is 6.10 Å². The third-order valence-electron chi connectivity index (χ3n) is 3.70. The van der Waals surface area contributed by atoms with E-state index in [0.29, 0.717) is 12.2 Å². The van der Waals surface area contributed by atoms with Crippen LogP contribution in [0, 0.1) is 11.3 Å². The highest BCUT2D eigenvalue weighted by atomic mass is 16.5. The maximum Gasteiger partial charge on any atom is 0.344 e. The first-order valence-corrected chi connectivity index (χ1v) is 6.79. The fraction of sp³-hybridized carbons (Fsp3) is 0.353. The zero-order chi connectivity index (χ0) is 14.6. The summed E-state index contributed by atoms with van der Waals surface area (Å²) in [7, 11) is 0. The molecule has 3 nitrogen and oxygen atoms in total. The lowest BCUT2D eigenvalue weighted by Crippen LogP contribution is -2.34. The summed E-state index contributed by atoms with van der Waals surface area (Å²) >= 11 is 0. The van der Waals surface area contributed by atoms with Crippen LogP contribution < -0.4 is 4.74 Å². The lowest BCUT2D eigenvalue weighted by Gasteiger charge is -2.33. The van der Waals surface area contributed by atoms with Crippen LogP contribution >= 0.6 is 0 Å². The van der Waals surface area contributed by atoms with Gasteiger partial charge in [-0.3, -0.25) is 0 Å². The second-order valence-electron chi connectivity index (χ2n) is 5.67. The minimum atomic E-state index is -0.924. The van der Waals surface area contributed by atoms with E-state index in [1.807, 2.05) is 30.4 Å². The lowest BCUT2D eigenvalue weighted by molar-refractivity contribution is -0.146. The molecule has 106 valence electrons. The first-order valence-electron chi connectivity index (χ1n) is 6.79. The molecule has 1 aliphatic rings. The van der Waals surface area contributed by atoms with Crippen LogP contribution in [0.1, 0.15) is 20.3 Å². The molecule has 0 fully saturated rings. The summed E-state index contributed by atoms with van der Waals surface area (Å²) in [4.78, 5) is 11.4. The number of hydrogen-bond acceptors (Lipinski definition) is 2. The minimum absolute atomic E-state index is 0.0531. The number of aliphatic carboxylic acids is 1. The van der Waals surface area contributed by atoms with Crippen molar-refractivity contribution in [2.75, 3.05) is 0 Å². The maximum atomic E-state index is 11.4. The van der Waals surface area contributed by atoms with E-state index in [4.69, 9.17) is 4.74 Å². The van der Waals surface area contributed by atoms with Gasteiger partial charge in [0, 0.05) is 6.42 Å². The molecule has 3 heteroatoms. The average Bonchev–Trinajstić information content (AvgIpc) is 2.41. The second kappa shape index (κ2) is 5.95. The molecular formula is C17H20O3. The Morgan fingerprint density at radius 3 is 2.60 bits per heavy atom. The molecule has 0 saturated carbocycles. The molecule has 1 aromatic carbocycles. The highest BCUT2D eigenvalue weighted by Crippen LogP contribution is 2.36. The number of carboxylic acids is 1. The quantitative estimate of drug-likeness (QED) is 0.889. The Labute approximate surface area is 119 Å². The normalized spacial score (nSPS) is 21.4. The Kier molecular flexibility index (Phi) is 4.28. The van der Waals surface area contributed by atoms with Crippen molar-refractivity contribution in [1.82, 2.24) is 0 Å². The first kappa shape index (κ1) is 14.4. The summed E-state index contributed by atoms with van der Waals surface area (Å²) in [6.45, 7) is 4.22. The van der Waals surface area contributed by atoms with E-state index in [9.17, 15) is 9.90 Å². The van der Waals surface area contributed by atoms with E-state index < -0.39 is 12.1 Å². The predicted molar refractivity (Wildman–Crippen MR) is 78.7 cm³/mol. The summed E-state index contributed by atoms with van der Waals surface area (Å²) in [5, 5.41) is 9.37. The molecule has 0 saturated heterocycles. The Morgan fingerprint density at radius 1 is 1.30 bits per heavy atom. The van der Waals surface area contributed by atoms with Gasteiger partial charge in [-0.1, -0.05) is 56.4 Å². The molecule has 1 aliphatic carbocycles. The van der Waals surface area contributed by atoms with Crippen molar-refractivity contribution in [2.24, 2.45) is 11.3 Å². The Balaban J connectivity index is 2.09. The van der Waals surface area contributed by atoms with Gasteiger partial charge in [0.05, 0.1) is 0 Å². The van der Waals surface area contributed by atoms with E-state index in [1.54, 1.807) is 12.1 Å². The van der Waals surface area contributed by atoms with Gasteiger partial charge in [-0.2, -0.15) is 0 Å². The van der Waals surface area contributed by atoms with Gasteiger partial charge < -0.3 is 9.84 Å². The molecule has 0 aromatic heterocycles. The summed E-state index contributed by atoms with van der Waals surface area (Å²) < 4.78 is 5.61. The molecule has 2 unspecified atom stereocenters. The number of hydrogen-bond donors (Lipinski definition) is 1. The molecule has 0 bridgehead atoms. The highest BCUT2D eigenvalue weighted by molar-refractivity contribution is 5.72. The zero-order valence-corrected chi connectivity index (χ0v) is 11.8. The van der Waals surface area contributed by atoms with Gasteiger partial charge in [-0.25, -0.2) is 4.79 Å². The van der Waals surface area contributed by atoms with E-state index in [1.165, 1.54) is 0 Å². The molecular weight excluding hydrogens is 252 g/mol. The van der Waals surface area contributed by atoms with Gasteiger partial charge in [0.25, 0.3) is 0 Å². The van der Waals surface area contributed by atoms with E-state index in [-0.39, 0.29) is 11.3 Å². The van der Waals surface area contributed by atoms with Crippen LogP contribution in [0.4, 0.5) is 0 Å². The lowest BCUT2D eigenvalue weighted by atomic mass is 9.73. The molecule has 1 aromatic rings. The fourth-order valence-electron chi connectivity index (χ4n) is 2.35. The smallest absolute Gasteiger partial charge is 0.344 e. The molecule has 0 spiro atoms. The number of carbonyl (C=O) groups is 1. The minimum Gasteiger partial charge on any atom is -0.479 e. The van der Waals surface area contributed by atoms with Gasteiger partial charge in [0.1, 0.15) is 5.75 Å². The van der Waals surface area contributed by atoms with Crippen LogP contribution in [0.25, 0.3) is 0 Å². The first-order chi connectivity index (χ1) is 9.49. The molecule has 0 aliphatic heterocycles. The molecule has 0 radical (unpaired) electrons. The van der Waals surface area contributed by atoms with Crippen LogP contribution in [-0.4, -0.2) is 17.2 Å². The fourth-order valence-corrected chi connectivity index (χ4v) is 2.35. The Hall–Kier alpha value is -2.03. The third kappa shape index (κ3) is 3.50. The number of para-hydroxylation sites is 1. The van der Waals surface area contributed by atoms with E-state index >= 15 is 0 Å². The van der Waals surface area contributed by atoms with Crippen molar-refractivity contribution in [2.45, 2.75) is 26.4 Å². The van der Waals surface area contributed by atoms with Crippen molar-refractivity contribution in [3.63, 3.8) is 0 Å². The van der Waals surface area contributed by atoms with Crippen molar-refractivity contribution in [3.05, 3.63) is 54.6 Å². The summed E-state index contributed by atoms with van der Waals surface area (Å²) in [5.74, 6) is -0.182. The van der Waals surface area contributed by atoms with Gasteiger partial charge >= 0.3 is 5.97 Å². The van der Waals surface area contributed by atoms with Crippen LogP contribution in [0.15, 0.2) is 54.6 Å². The number of ether oxygens (including phenoxy) is 1. The van der Waals surface area contributed by atoms with Crippen LogP contribution in [-0.2, 0) is 4.79 Å². The van der Waals surface area contributed by atoms with Crippen LogP contribution in [0.5, 0.6) is 5.75 Å². The van der Waals surface area contributed by atoms with Crippen molar-refractivity contribution < 1.29 is 14.6 Å². The van der Waals surface area contributed by atoms with Gasteiger partial charge in [0.2, 0.25) is 0 Å². The largest absolute Gasteiger partial charge is 0.479 e. The summed E-state index contributed by atoms with van der Waals surface area (Å²) in [5.41, 5.74) is -0.0531. The Bertz CT molecular complexity index is 514. The van der Waals surface area contributed by atoms with E-state index in [2.05, 4.69) is 26.0 Å². The molecule has 20 heavy (non-hydrogen) atoms. The second-order valence-corrected chi connectivity index (χ2v) is 5.67. The number of allylic oxidation sites excluding steroid dienone is 4. The molecule has 0 amide bonds. The van der Waals surface area contributed by atoms with E-state index in [0.717, 1.165) is 0 Å². The molecule has 2 rings (SSSR count). The maximum absolute atomic E-state index is 11.4. The molecule has 0 heterocycles. The monoisotopic (exact) mass is 272 g/mol. The zero-order valence-electron chi connectivity index (χ0n) is 11.8. The van der Waals surface area contributed by atoms with Gasteiger partial charge in [-0.15, -0.1) is 0 Å². The van der Waals surface area contributed by atoms with Crippen molar-refractivity contribution in [3.8, 4) is 5.75 Å². The third-order valence-corrected chi connectivity index (χ3v) is 3.70.